The van der Waals surface area contributed by atoms with Gasteiger partial charge >= 0.3 is 0 Å². The maximum atomic E-state index is 11.4. The molecule has 24 heavy (non-hydrogen) atoms. The van der Waals surface area contributed by atoms with Crippen molar-refractivity contribution in [2.45, 2.75) is 13.8 Å². The highest BCUT2D eigenvalue weighted by Gasteiger charge is 2.12. The SMILES string of the molecule is CCNc1nc(Nc2ccc(N(C)C(C)=O)cc2)ncc1C(N)=O. The van der Waals surface area contributed by atoms with Gasteiger partial charge < -0.3 is 21.3 Å². The molecular weight excluding hydrogens is 308 g/mol. The van der Waals surface area contributed by atoms with Crippen LogP contribution in [0.4, 0.5) is 23.1 Å². The molecule has 0 radical (unpaired) electrons. The van der Waals surface area contributed by atoms with Crippen LogP contribution in [0.1, 0.15) is 24.2 Å². The molecule has 0 aliphatic heterocycles. The minimum Gasteiger partial charge on any atom is -0.370 e. The maximum Gasteiger partial charge on any atom is 0.254 e. The lowest BCUT2D eigenvalue weighted by atomic mass is 10.2. The highest BCUT2D eigenvalue weighted by molar-refractivity contribution is 5.97. The van der Waals surface area contributed by atoms with Gasteiger partial charge in [-0.2, -0.15) is 4.98 Å². The number of nitrogens with two attached hydrogens (primary N) is 1. The normalized spacial score (nSPS) is 10.1. The first-order valence-corrected chi connectivity index (χ1v) is 7.44. The highest BCUT2D eigenvalue weighted by Crippen LogP contribution is 2.20. The van der Waals surface area contributed by atoms with E-state index in [4.69, 9.17) is 5.73 Å². The molecule has 126 valence electrons. The number of nitrogens with zero attached hydrogens (tertiary/aromatic N) is 3. The van der Waals surface area contributed by atoms with Crippen LogP contribution in [0.5, 0.6) is 0 Å². The summed E-state index contributed by atoms with van der Waals surface area (Å²) in [6, 6.07) is 7.25. The number of carbonyl (C=O) groups excluding carboxylic acids is 2. The van der Waals surface area contributed by atoms with Crippen molar-refractivity contribution in [3.63, 3.8) is 0 Å². The van der Waals surface area contributed by atoms with Crippen LogP contribution in [0.15, 0.2) is 30.5 Å². The monoisotopic (exact) mass is 328 g/mol. The summed E-state index contributed by atoms with van der Waals surface area (Å²) in [7, 11) is 1.71. The Morgan fingerprint density at radius 3 is 2.46 bits per heavy atom. The highest BCUT2D eigenvalue weighted by atomic mass is 16.2. The maximum absolute atomic E-state index is 11.4. The number of hydrogen-bond donors (Lipinski definition) is 3. The molecule has 8 nitrogen and oxygen atoms in total. The molecule has 2 aromatic rings. The third-order valence-electron chi connectivity index (χ3n) is 3.38. The van der Waals surface area contributed by atoms with E-state index in [0.717, 1.165) is 11.4 Å². The van der Waals surface area contributed by atoms with Crippen molar-refractivity contribution < 1.29 is 9.59 Å². The molecule has 0 fully saturated rings. The van der Waals surface area contributed by atoms with Crippen LogP contribution in [0.25, 0.3) is 0 Å². The van der Waals surface area contributed by atoms with E-state index in [1.54, 1.807) is 11.9 Å². The molecule has 2 rings (SSSR count). The zero-order valence-corrected chi connectivity index (χ0v) is 13.8. The number of hydrogen-bond acceptors (Lipinski definition) is 6. The number of anilines is 4. The third-order valence-corrected chi connectivity index (χ3v) is 3.38. The second-order valence-corrected chi connectivity index (χ2v) is 5.10. The largest absolute Gasteiger partial charge is 0.370 e. The van der Waals surface area contributed by atoms with Gasteiger partial charge in [-0.05, 0) is 31.2 Å². The lowest BCUT2D eigenvalue weighted by Gasteiger charge is -2.15. The summed E-state index contributed by atoms with van der Waals surface area (Å²) >= 11 is 0. The Balaban J connectivity index is 2.20. The van der Waals surface area contributed by atoms with Crippen LogP contribution < -0.4 is 21.3 Å². The van der Waals surface area contributed by atoms with Crippen molar-refractivity contribution in [3.05, 3.63) is 36.0 Å². The molecule has 0 aliphatic carbocycles. The van der Waals surface area contributed by atoms with Crippen molar-refractivity contribution in [2.24, 2.45) is 5.73 Å². The fraction of sp³-hybridized carbons (Fsp3) is 0.250. The molecule has 0 bridgehead atoms. The van der Waals surface area contributed by atoms with E-state index in [0.29, 0.717) is 18.3 Å². The molecule has 4 N–H and O–H groups in total. The lowest BCUT2D eigenvalue weighted by Crippen LogP contribution is -2.22. The Morgan fingerprint density at radius 1 is 1.25 bits per heavy atom. The molecule has 0 unspecified atom stereocenters. The van der Waals surface area contributed by atoms with Gasteiger partial charge in [-0.15, -0.1) is 0 Å². The van der Waals surface area contributed by atoms with Crippen LogP contribution in [0, 0.1) is 0 Å². The van der Waals surface area contributed by atoms with Gasteiger partial charge in [0, 0.05) is 38.1 Å². The molecule has 1 heterocycles. The molecule has 0 saturated heterocycles. The van der Waals surface area contributed by atoms with Gasteiger partial charge in [0.15, 0.2) is 0 Å². The van der Waals surface area contributed by atoms with Crippen molar-refractivity contribution in [2.75, 3.05) is 29.1 Å². The molecule has 2 amide bonds. The zero-order chi connectivity index (χ0) is 17.7. The summed E-state index contributed by atoms with van der Waals surface area (Å²) in [5, 5.41) is 6.03. The van der Waals surface area contributed by atoms with Gasteiger partial charge in [-0.1, -0.05) is 0 Å². The van der Waals surface area contributed by atoms with Gasteiger partial charge in [0.25, 0.3) is 5.91 Å². The van der Waals surface area contributed by atoms with Crippen molar-refractivity contribution in [3.8, 4) is 0 Å². The van der Waals surface area contributed by atoms with E-state index in [9.17, 15) is 9.59 Å². The van der Waals surface area contributed by atoms with Crippen LogP contribution >= 0.6 is 0 Å². The fourth-order valence-corrected chi connectivity index (χ4v) is 2.00. The summed E-state index contributed by atoms with van der Waals surface area (Å²) in [6.45, 7) is 4.00. The van der Waals surface area contributed by atoms with Crippen molar-refractivity contribution >= 4 is 35.0 Å². The van der Waals surface area contributed by atoms with E-state index < -0.39 is 5.91 Å². The van der Waals surface area contributed by atoms with Crippen molar-refractivity contribution in [1.82, 2.24) is 9.97 Å². The number of rotatable bonds is 6. The predicted molar refractivity (Wildman–Crippen MR) is 93.5 cm³/mol. The first-order valence-electron chi connectivity index (χ1n) is 7.44. The van der Waals surface area contributed by atoms with E-state index in [-0.39, 0.29) is 11.5 Å². The number of amides is 2. The summed E-state index contributed by atoms with van der Waals surface area (Å²) < 4.78 is 0. The summed E-state index contributed by atoms with van der Waals surface area (Å²) in [5.74, 6) is 0.0875. The van der Waals surface area contributed by atoms with E-state index in [1.807, 2.05) is 31.2 Å². The second-order valence-electron chi connectivity index (χ2n) is 5.10. The van der Waals surface area contributed by atoms with E-state index in [1.165, 1.54) is 13.1 Å². The van der Waals surface area contributed by atoms with Crippen LogP contribution in [-0.2, 0) is 4.79 Å². The predicted octanol–water partition coefficient (Wildman–Crippen LogP) is 1.73. The minimum atomic E-state index is -0.589. The van der Waals surface area contributed by atoms with Gasteiger partial charge in [-0.3, -0.25) is 9.59 Å². The Bertz CT molecular complexity index is 745. The summed E-state index contributed by atoms with van der Waals surface area (Å²) in [4.78, 5) is 32.6. The first kappa shape index (κ1) is 17.2. The molecule has 0 saturated carbocycles. The average molecular weight is 328 g/mol. The molecule has 1 aromatic carbocycles. The molecular formula is C16H20N6O2. The Kier molecular flexibility index (Phi) is 5.31. The van der Waals surface area contributed by atoms with Crippen molar-refractivity contribution in [1.29, 1.82) is 0 Å². The molecule has 0 aliphatic rings. The van der Waals surface area contributed by atoms with Crippen LogP contribution in [0.2, 0.25) is 0 Å². The lowest BCUT2D eigenvalue weighted by molar-refractivity contribution is -0.116. The Morgan fingerprint density at radius 2 is 1.92 bits per heavy atom. The summed E-state index contributed by atoms with van der Waals surface area (Å²) in [6.07, 6.45) is 1.38. The van der Waals surface area contributed by atoms with Crippen LogP contribution in [0.3, 0.4) is 0 Å². The smallest absolute Gasteiger partial charge is 0.254 e. The standard InChI is InChI=1S/C16H20N6O2/c1-4-18-15-13(14(17)24)9-19-16(21-15)20-11-5-7-12(8-6-11)22(3)10(2)23/h5-9H,4H2,1-3H3,(H2,17,24)(H2,18,19,20,21). The number of nitrogens with one attached hydrogen (secondary N) is 2. The van der Waals surface area contributed by atoms with Gasteiger partial charge in [-0.25, -0.2) is 4.98 Å². The number of primary amides is 1. The first-order chi connectivity index (χ1) is 11.4. The molecule has 8 heteroatoms. The zero-order valence-electron chi connectivity index (χ0n) is 13.8. The number of benzene rings is 1. The van der Waals surface area contributed by atoms with E-state index >= 15 is 0 Å². The third kappa shape index (κ3) is 3.97. The summed E-state index contributed by atoms with van der Waals surface area (Å²) in [5.41, 5.74) is 7.08. The average Bonchev–Trinajstić information content (AvgIpc) is 2.55. The van der Waals surface area contributed by atoms with Crippen LogP contribution in [-0.4, -0.2) is 35.4 Å². The molecule has 0 spiro atoms. The Hall–Kier alpha value is -3.16. The Labute approximate surface area is 140 Å². The number of carbonyl (C=O) groups is 2. The quantitative estimate of drug-likeness (QED) is 0.744. The second kappa shape index (κ2) is 7.40. The van der Waals surface area contributed by atoms with Gasteiger partial charge in [0.1, 0.15) is 5.82 Å². The minimum absolute atomic E-state index is 0.0450. The molecule has 0 atom stereocenters. The number of aromatic nitrogens is 2. The molecule has 1 aromatic heterocycles. The van der Waals surface area contributed by atoms with Gasteiger partial charge in [0.05, 0.1) is 5.56 Å². The topological polar surface area (TPSA) is 113 Å². The van der Waals surface area contributed by atoms with Gasteiger partial charge in [0.2, 0.25) is 11.9 Å². The fourth-order valence-electron chi connectivity index (χ4n) is 2.00. The van der Waals surface area contributed by atoms with E-state index in [2.05, 4.69) is 20.6 Å².